The Balaban J connectivity index is 1.74. The van der Waals surface area contributed by atoms with Crippen LogP contribution in [0.15, 0.2) is 48.8 Å². The van der Waals surface area contributed by atoms with Crippen LogP contribution in [0.4, 0.5) is 5.82 Å². The van der Waals surface area contributed by atoms with Crippen molar-refractivity contribution in [2.75, 3.05) is 12.8 Å². The molecule has 0 fully saturated rings. The fourth-order valence-electron chi connectivity index (χ4n) is 2.55. The molecule has 0 aromatic carbocycles. The number of fused-ring (bicyclic) bond motifs is 1. The highest BCUT2D eigenvalue weighted by molar-refractivity contribution is 7.18. The molecule has 124 valence electrons. The number of nitrogen functional groups attached to an aromatic ring is 1. The first kappa shape index (κ1) is 15.5. The molecule has 0 aliphatic carbocycles. The Bertz CT molecular complexity index is 1030. The second kappa shape index (κ2) is 6.45. The van der Waals surface area contributed by atoms with E-state index in [9.17, 15) is 0 Å². The predicted octanol–water partition coefficient (Wildman–Crippen LogP) is 3.33. The third-order valence-electron chi connectivity index (χ3n) is 3.76. The van der Waals surface area contributed by atoms with E-state index >= 15 is 0 Å². The Morgan fingerprint density at radius 1 is 1.08 bits per heavy atom. The molecule has 0 atom stereocenters. The maximum Gasteiger partial charge on any atom is 0.213 e. The normalized spacial score (nSPS) is 10.9. The highest BCUT2D eigenvalue weighted by Crippen LogP contribution is 2.31. The number of hydrogen-bond donors (Lipinski definition) is 1. The van der Waals surface area contributed by atoms with Gasteiger partial charge in [-0.1, -0.05) is 6.07 Å². The smallest absolute Gasteiger partial charge is 0.213 e. The molecule has 4 heterocycles. The molecule has 7 heteroatoms. The van der Waals surface area contributed by atoms with E-state index in [2.05, 4.69) is 19.9 Å². The van der Waals surface area contributed by atoms with Crippen molar-refractivity contribution in [3.63, 3.8) is 0 Å². The maximum atomic E-state index is 6.16. The number of methoxy groups -OCH3 is 1. The van der Waals surface area contributed by atoms with Crippen LogP contribution >= 0.6 is 11.3 Å². The van der Waals surface area contributed by atoms with Crippen LogP contribution < -0.4 is 10.5 Å². The molecule has 4 rings (SSSR count). The second-order valence-electron chi connectivity index (χ2n) is 5.45. The van der Waals surface area contributed by atoms with Crippen molar-refractivity contribution in [1.82, 2.24) is 19.9 Å². The van der Waals surface area contributed by atoms with Crippen molar-refractivity contribution in [3.05, 3.63) is 59.4 Å². The van der Waals surface area contributed by atoms with E-state index in [1.54, 1.807) is 36.9 Å². The summed E-state index contributed by atoms with van der Waals surface area (Å²) in [5.41, 5.74) is 8.00. The standard InChI is InChI=1S/C18H15N5OS/c1-24-15-8-11(5-7-21-15)17-22-16(19)14-10-13(25-18(14)23-17)9-12-4-2-3-6-20-12/h2-8,10H,9H2,1H3,(H2,19,22,23). The summed E-state index contributed by atoms with van der Waals surface area (Å²) in [5, 5.41) is 0.876. The summed E-state index contributed by atoms with van der Waals surface area (Å²) in [6, 6.07) is 11.6. The van der Waals surface area contributed by atoms with Gasteiger partial charge in [0.25, 0.3) is 0 Å². The highest BCUT2D eigenvalue weighted by atomic mass is 32.1. The van der Waals surface area contributed by atoms with Gasteiger partial charge >= 0.3 is 0 Å². The molecular formula is C18H15N5OS. The predicted molar refractivity (Wildman–Crippen MR) is 98.7 cm³/mol. The van der Waals surface area contributed by atoms with Crippen LogP contribution in [0, 0.1) is 0 Å². The maximum absolute atomic E-state index is 6.16. The molecule has 0 radical (unpaired) electrons. The molecule has 0 spiro atoms. The van der Waals surface area contributed by atoms with E-state index in [4.69, 9.17) is 10.5 Å². The van der Waals surface area contributed by atoms with E-state index in [-0.39, 0.29) is 0 Å². The summed E-state index contributed by atoms with van der Waals surface area (Å²) >= 11 is 1.61. The first-order valence-electron chi connectivity index (χ1n) is 7.69. The number of nitrogens with two attached hydrogens (primary N) is 1. The minimum Gasteiger partial charge on any atom is -0.481 e. The molecule has 0 unspecified atom stereocenters. The van der Waals surface area contributed by atoms with Gasteiger partial charge in [0.1, 0.15) is 10.6 Å². The Morgan fingerprint density at radius 3 is 2.80 bits per heavy atom. The van der Waals surface area contributed by atoms with Crippen molar-refractivity contribution >= 4 is 27.4 Å². The summed E-state index contributed by atoms with van der Waals surface area (Å²) in [6.45, 7) is 0. The molecule has 25 heavy (non-hydrogen) atoms. The van der Waals surface area contributed by atoms with Crippen LogP contribution in [-0.2, 0) is 6.42 Å². The van der Waals surface area contributed by atoms with Crippen molar-refractivity contribution in [1.29, 1.82) is 0 Å². The van der Waals surface area contributed by atoms with Gasteiger partial charge in [0.15, 0.2) is 5.82 Å². The number of rotatable bonds is 4. The van der Waals surface area contributed by atoms with Crippen LogP contribution in [0.1, 0.15) is 10.6 Å². The molecule has 0 aliphatic rings. The molecule has 0 saturated carbocycles. The van der Waals surface area contributed by atoms with E-state index in [1.807, 2.05) is 30.3 Å². The first-order chi connectivity index (χ1) is 12.2. The number of ether oxygens (including phenoxy) is 1. The number of thiophene rings is 1. The number of anilines is 1. The molecule has 0 saturated heterocycles. The lowest BCUT2D eigenvalue weighted by Crippen LogP contribution is -1.96. The first-order valence-corrected chi connectivity index (χ1v) is 8.51. The van der Waals surface area contributed by atoms with E-state index in [0.717, 1.165) is 32.8 Å². The lowest BCUT2D eigenvalue weighted by Gasteiger charge is -2.04. The largest absolute Gasteiger partial charge is 0.481 e. The minimum absolute atomic E-state index is 0.472. The van der Waals surface area contributed by atoms with Gasteiger partial charge in [0, 0.05) is 41.0 Å². The Labute approximate surface area is 148 Å². The fourth-order valence-corrected chi connectivity index (χ4v) is 3.60. The lowest BCUT2D eigenvalue weighted by molar-refractivity contribution is 0.398. The number of aromatic nitrogens is 4. The molecule has 4 aromatic rings. The van der Waals surface area contributed by atoms with E-state index in [0.29, 0.717) is 17.5 Å². The summed E-state index contributed by atoms with van der Waals surface area (Å²) < 4.78 is 5.16. The molecule has 4 aromatic heterocycles. The van der Waals surface area contributed by atoms with Gasteiger partial charge in [-0.15, -0.1) is 11.3 Å². The van der Waals surface area contributed by atoms with Gasteiger partial charge in [-0.3, -0.25) is 4.98 Å². The Morgan fingerprint density at radius 2 is 2.00 bits per heavy atom. The molecule has 0 aliphatic heterocycles. The molecule has 0 bridgehead atoms. The van der Waals surface area contributed by atoms with Gasteiger partial charge in [0.2, 0.25) is 5.88 Å². The van der Waals surface area contributed by atoms with Crippen molar-refractivity contribution in [2.24, 2.45) is 0 Å². The van der Waals surface area contributed by atoms with Gasteiger partial charge in [0.05, 0.1) is 12.5 Å². The fraction of sp³-hybridized carbons (Fsp3) is 0.111. The lowest BCUT2D eigenvalue weighted by atomic mass is 10.2. The van der Waals surface area contributed by atoms with Crippen LogP contribution in [0.3, 0.4) is 0 Å². The highest BCUT2D eigenvalue weighted by Gasteiger charge is 2.12. The third-order valence-corrected chi connectivity index (χ3v) is 4.79. The monoisotopic (exact) mass is 349 g/mol. The van der Waals surface area contributed by atoms with Crippen LogP contribution in [0.2, 0.25) is 0 Å². The van der Waals surface area contributed by atoms with E-state index in [1.165, 1.54) is 0 Å². The number of pyridine rings is 2. The van der Waals surface area contributed by atoms with Crippen LogP contribution in [0.25, 0.3) is 21.6 Å². The average Bonchev–Trinajstić information content (AvgIpc) is 3.05. The van der Waals surface area contributed by atoms with Gasteiger partial charge in [-0.2, -0.15) is 0 Å². The van der Waals surface area contributed by atoms with Crippen molar-refractivity contribution in [3.8, 4) is 17.3 Å². The summed E-state index contributed by atoms with van der Waals surface area (Å²) in [7, 11) is 1.58. The van der Waals surface area contributed by atoms with Gasteiger partial charge in [-0.25, -0.2) is 15.0 Å². The number of hydrogen-bond acceptors (Lipinski definition) is 7. The zero-order valence-electron chi connectivity index (χ0n) is 13.5. The van der Waals surface area contributed by atoms with Gasteiger partial charge in [-0.05, 0) is 24.3 Å². The Kier molecular flexibility index (Phi) is 3.99. The molecule has 2 N–H and O–H groups in total. The Hall–Kier alpha value is -3.06. The van der Waals surface area contributed by atoms with Crippen LogP contribution in [0.5, 0.6) is 5.88 Å². The van der Waals surface area contributed by atoms with Crippen molar-refractivity contribution in [2.45, 2.75) is 6.42 Å². The summed E-state index contributed by atoms with van der Waals surface area (Å²) in [4.78, 5) is 19.6. The molecule has 6 nitrogen and oxygen atoms in total. The number of nitrogens with zero attached hydrogens (tertiary/aromatic N) is 4. The summed E-state index contributed by atoms with van der Waals surface area (Å²) in [6.07, 6.45) is 4.21. The topological polar surface area (TPSA) is 86.8 Å². The van der Waals surface area contributed by atoms with Gasteiger partial charge < -0.3 is 10.5 Å². The van der Waals surface area contributed by atoms with Crippen LogP contribution in [-0.4, -0.2) is 27.0 Å². The minimum atomic E-state index is 0.472. The second-order valence-corrected chi connectivity index (χ2v) is 6.56. The quantitative estimate of drug-likeness (QED) is 0.608. The zero-order valence-corrected chi connectivity index (χ0v) is 14.3. The zero-order chi connectivity index (χ0) is 17.2. The average molecular weight is 349 g/mol. The molecular weight excluding hydrogens is 334 g/mol. The van der Waals surface area contributed by atoms with Crippen molar-refractivity contribution < 1.29 is 4.74 Å². The van der Waals surface area contributed by atoms with E-state index < -0.39 is 0 Å². The molecule has 0 amide bonds. The third kappa shape index (κ3) is 3.14. The summed E-state index contributed by atoms with van der Waals surface area (Å²) in [5.74, 6) is 1.55. The SMILES string of the molecule is COc1cc(-c2nc(N)c3cc(Cc4ccccn4)sc3n2)ccn1.